The molecule has 7 aliphatic carbocycles. The Labute approximate surface area is 803 Å². The minimum Gasteiger partial charge on any atom is -0.481 e. The molecule has 0 saturated heterocycles. The summed E-state index contributed by atoms with van der Waals surface area (Å²) in [5.74, 6) is -1.28. The van der Waals surface area contributed by atoms with Gasteiger partial charge in [-0.1, -0.05) is 225 Å². The SMILES string of the molecule is CCCCc1ccc(C2C(O)CCC2CC(=O)O)cc1.CCCCc1ccc(C2C(O)CCC2CC(=O)OCC)cc1.CCOC(=O)CC1CCC(O)C1CCc1ccccc1.CCOC(=O)CC1CCC(O)C1c1ccc(C)cc1.CCOC(=O)CC1CCC(O)C1c1cccc(C)c1.Cc1cccc(C2C(O)CCC2CC(=O)O)c1.O=C(O)CC1CCC(O)C1CCc1ccccc1. The van der Waals surface area contributed by atoms with Crippen LogP contribution >= 0.6 is 0 Å². The summed E-state index contributed by atoms with van der Waals surface area (Å²) in [6, 6.07) is 61.9. The van der Waals surface area contributed by atoms with Crippen molar-refractivity contribution < 1.29 is 104 Å². The molecule has 0 amide bonds. The molecule has 14 rings (SSSR count). The van der Waals surface area contributed by atoms with E-state index in [1.165, 1.54) is 59.1 Å². The van der Waals surface area contributed by atoms with Gasteiger partial charge in [0.2, 0.25) is 0 Å². The highest BCUT2D eigenvalue weighted by Crippen LogP contribution is 2.48. The summed E-state index contributed by atoms with van der Waals surface area (Å²) in [4.78, 5) is 79.2. The number of ether oxygens (including phenoxy) is 4. The summed E-state index contributed by atoms with van der Waals surface area (Å²) in [5, 5.41) is 97.7. The van der Waals surface area contributed by atoms with Gasteiger partial charge in [0.25, 0.3) is 0 Å². The van der Waals surface area contributed by atoms with Crippen molar-refractivity contribution in [3.8, 4) is 0 Å². The van der Waals surface area contributed by atoms with Crippen LogP contribution in [0.3, 0.4) is 0 Å². The van der Waals surface area contributed by atoms with Crippen LogP contribution in [0.2, 0.25) is 0 Å². The van der Waals surface area contributed by atoms with Crippen molar-refractivity contribution in [2.24, 2.45) is 53.3 Å². The van der Waals surface area contributed by atoms with Crippen LogP contribution in [-0.4, -0.2) is 162 Å². The highest BCUT2D eigenvalue weighted by atomic mass is 16.5. The van der Waals surface area contributed by atoms with E-state index in [-0.39, 0.29) is 157 Å². The van der Waals surface area contributed by atoms with E-state index in [0.717, 1.165) is 149 Å². The number of carboxylic acid groups (broad SMARTS) is 3. The van der Waals surface area contributed by atoms with Crippen LogP contribution in [0.15, 0.2) is 182 Å². The first kappa shape index (κ1) is 111. The van der Waals surface area contributed by atoms with E-state index in [4.69, 9.17) is 34.3 Å². The molecule has 7 aliphatic rings. The molecule has 10 N–H and O–H groups in total. The van der Waals surface area contributed by atoms with E-state index in [9.17, 15) is 69.3 Å². The summed E-state index contributed by atoms with van der Waals surface area (Å²) in [5.41, 5.74) is 14.3. The molecule has 7 saturated carbocycles. The Morgan fingerprint density at radius 3 is 0.800 bits per heavy atom. The van der Waals surface area contributed by atoms with Gasteiger partial charge in [0.1, 0.15) is 0 Å². The number of hydrogen-bond donors (Lipinski definition) is 10. The van der Waals surface area contributed by atoms with Crippen molar-refractivity contribution in [3.05, 3.63) is 249 Å². The van der Waals surface area contributed by atoms with Gasteiger partial charge in [-0.2, -0.15) is 0 Å². The number of esters is 4. The number of aliphatic hydroxyl groups excluding tert-OH is 7. The molecule has 740 valence electrons. The van der Waals surface area contributed by atoms with Gasteiger partial charge in [-0.25, -0.2) is 0 Å². The average molecular weight is 1860 g/mol. The maximum atomic E-state index is 11.8. The van der Waals surface area contributed by atoms with Crippen molar-refractivity contribution in [3.63, 3.8) is 0 Å². The fraction of sp³-hybridized carbons (Fsp3) is 0.570. The lowest BCUT2D eigenvalue weighted by Gasteiger charge is -2.22. The minimum absolute atomic E-state index is 0.0219. The van der Waals surface area contributed by atoms with Gasteiger partial charge >= 0.3 is 41.8 Å². The lowest BCUT2D eigenvalue weighted by atomic mass is 9.85. The molecule has 0 bridgehead atoms. The minimum atomic E-state index is -0.776. The van der Waals surface area contributed by atoms with Gasteiger partial charge in [0.15, 0.2) is 0 Å². The van der Waals surface area contributed by atoms with E-state index in [1.54, 1.807) is 0 Å². The molecule has 0 aliphatic heterocycles. The van der Waals surface area contributed by atoms with Crippen molar-refractivity contribution in [2.45, 2.75) is 334 Å². The Morgan fingerprint density at radius 1 is 0.259 bits per heavy atom. The number of unbranched alkanes of at least 4 members (excludes halogenated alkanes) is 2. The lowest BCUT2D eigenvalue weighted by Crippen LogP contribution is -2.22. The zero-order valence-electron chi connectivity index (χ0n) is 81.7. The Kier molecular flexibility index (Phi) is 48.4. The zero-order valence-corrected chi connectivity index (χ0v) is 81.7. The number of benzene rings is 7. The van der Waals surface area contributed by atoms with Crippen LogP contribution in [0.5, 0.6) is 0 Å². The second kappa shape index (κ2) is 59.0. The fourth-order valence-corrected chi connectivity index (χ4v) is 22.0. The number of aliphatic hydroxyl groups is 7. The zero-order chi connectivity index (χ0) is 97.9. The van der Waals surface area contributed by atoms with Gasteiger partial charge in [-0.15, -0.1) is 0 Å². The predicted octanol–water partition coefficient (Wildman–Crippen LogP) is 20.6. The average Bonchev–Trinajstić information content (AvgIpc) is 1.70. The summed E-state index contributed by atoms with van der Waals surface area (Å²) < 4.78 is 20.1. The molecule has 21 heteroatoms. The first-order valence-corrected chi connectivity index (χ1v) is 50.4. The third-order valence-electron chi connectivity index (χ3n) is 28.8. The molecule has 0 heterocycles. The van der Waals surface area contributed by atoms with Crippen LogP contribution < -0.4 is 0 Å². The molecule has 21 nitrogen and oxygen atoms in total. The van der Waals surface area contributed by atoms with Crippen LogP contribution in [0.4, 0.5) is 0 Å². The van der Waals surface area contributed by atoms with E-state index < -0.39 is 30.1 Å². The molecule has 7 aromatic rings. The fourth-order valence-electron chi connectivity index (χ4n) is 22.0. The normalized spacial score (nSPS) is 26.2. The van der Waals surface area contributed by atoms with Crippen LogP contribution in [0.25, 0.3) is 0 Å². The second-order valence-corrected chi connectivity index (χ2v) is 38.6. The maximum Gasteiger partial charge on any atom is 0.306 e. The van der Waals surface area contributed by atoms with Crippen LogP contribution in [0.1, 0.15) is 311 Å². The molecular formula is C114H158O21. The summed E-state index contributed by atoms with van der Waals surface area (Å²) >= 11 is 0. The quantitative estimate of drug-likeness (QED) is 0.0130. The standard InChI is InChI=1S/C19H28O3.2C17H24O3.2C16H22O3.C15H20O3.C14H18O3/c1-3-5-6-14-7-9-15(10-8-14)19-16(11-12-17(19)20)13-18(21)22-4-2;1-2-20-17(19)12-14-9-11-16(18)15(14)10-8-13-6-4-3-5-7-13;1-2-3-4-12-5-7-13(8-6-12)17-14(11-16(19)20)9-10-15(17)18;1-3-19-15(18)10-13-8-9-14(17)16(13)12-6-4-11(2)5-7-12;1-3-19-15(18)10-13-7-8-14(17)16(13)12-6-4-5-11(2)9-12;16-14-9-7-12(10-15(17)18)13(14)8-6-11-4-2-1-3-5-11;1-9-3-2-4-10(7-9)14-11(8-13(16)17)5-6-12(14)15/h7-10,16-17,19-20H,3-6,11-13H2,1-2H3;3-7,14-16,18H,2,8-12H2,1H3;5-8,14-15,17-18H,2-4,9-11H2,1H3,(H,19,20);4-7,13-14,16-17H,3,8-10H2,1-2H3;4-6,9,13-14,16-17H,3,7-8,10H2,1-2H3;1-5,12-14,16H,6-10H2,(H,17,18);2-4,7,11-12,14-15H,5-6,8H2,1H3,(H,16,17). The topological polar surface area (TPSA) is 359 Å². The summed E-state index contributed by atoms with van der Waals surface area (Å²) in [6.07, 6.45) is 21.7. The first-order valence-electron chi connectivity index (χ1n) is 50.4. The van der Waals surface area contributed by atoms with Crippen LogP contribution in [0, 0.1) is 74.0 Å². The smallest absolute Gasteiger partial charge is 0.306 e. The van der Waals surface area contributed by atoms with Crippen molar-refractivity contribution in [1.29, 1.82) is 0 Å². The Balaban J connectivity index is 0.000000194. The number of aryl methyl sites for hydroxylation is 7. The number of carbonyl (C=O) groups excluding carboxylic acids is 4. The number of aliphatic carboxylic acids is 3. The van der Waals surface area contributed by atoms with Gasteiger partial charge in [0, 0.05) is 74.5 Å². The Hall–Kier alpha value is -9.45. The van der Waals surface area contributed by atoms with Gasteiger partial charge in [-0.3, -0.25) is 33.6 Å². The maximum absolute atomic E-state index is 11.8. The molecule has 0 spiro atoms. The molecule has 7 aromatic carbocycles. The summed E-state index contributed by atoms with van der Waals surface area (Å²) in [6.45, 7) is 19.5. The number of carboxylic acids is 3. The lowest BCUT2D eigenvalue weighted by molar-refractivity contribution is -0.145. The Morgan fingerprint density at radius 2 is 0.511 bits per heavy atom. The Bertz CT molecular complexity index is 4620. The van der Waals surface area contributed by atoms with Gasteiger partial charge in [0.05, 0.1) is 69.2 Å². The molecule has 0 aromatic heterocycles. The molecule has 135 heavy (non-hydrogen) atoms. The second-order valence-electron chi connectivity index (χ2n) is 38.6. The number of rotatable bonds is 35. The van der Waals surface area contributed by atoms with E-state index in [1.807, 2.05) is 127 Å². The van der Waals surface area contributed by atoms with E-state index >= 15 is 0 Å². The van der Waals surface area contributed by atoms with Crippen molar-refractivity contribution in [1.82, 2.24) is 0 Å². The molecule has 21 unspecified atom stereocenters. The highest BCUT2D eigenvalue weighted by Gasteiger charge is 2.44. The molecular weight excluding hydrogens is 1710 g/mol. The van der Waals surface area contributed by atoms with Crippen molar-refractivity contribution >= 4 is 41.8 Å². The van der Waals surface area contributed by atoms with E-state index in [0.29, 0.717) is 65.0 Å². The third-order valence-corrected chi connectivity index (χ3v) is 28.8. The van der Waals surface area contributed by atoms with Crippen molar-refractivity contribution in [2.75, 3.05) is 26.4 Å². The molecule has 21 atom stereocenters. The third kappa shape index (κ3) is 36.8. The number of carbonyl (C=O) groups is 7. The first-order chi connectivity index (χ1) is 64.9. The molecule has 0 radical (unpaired) electrons. The molecule has 7 fully saturated rings. The monoisotopic (exact) mass is 1860 g/mol. The summed E-state index contributed by atoms with van der Waals surface area (Å²) in [7, 11) is 0. The van der Waals surface area contributed by atoms with E-state index in [2.05, 4.69) is 117 Å². The number of hydrogen-bond acceptors (Lipinski definition) is 18. The largest absolute Gasteiger partial charge is 0.481 e. The van der Waals surface area contributed by atoms with Gasteiger partial charge < -0.3 is 70.0 Å². The van der Waals surface area contributed by atoms with Crippen LogP contribution in [-0.2, 0) is 78.2 Å². The predicted molar refractivity (Wildman–Crippen MR) is 527 cm³/mol. The van der Waals surface area contributed by atoms with Gasteiger partial charge in [-0.05, 0) is 293 Å². The highest BCUT2D eigenvalue weighted by molar-refractivity contribution is 5.72.